The monoisotopic (exact) mass is 284 g/mol. The molecule has 2 rings (SSSR count). The van der Waals surface area contributed by atoms with E-state index in [-0.39, 0.29) is 5.91 Å². The number of nitrogens with zero attached hydrogens (tertiary/aromatic N) is 2. The first-order chi connectivity index (χ1) is 10.2. The molecule has 2 aromatic rings. The van der Waals surface area contributed by atoms with Crippen LogP contribution in [0.3, 0.4) is 0 Å². The number of aromatic nitrogens is 2. The number of aryl methyl sites for hydroxylation is 1. The average molecular weight is 284 g/mol. The van der Waals surface area contributed by atoms with Crippen molar-refractivity contribution in [2.75, 3.05) is 10.6 Å². The van der Waals surface area contributed by atoms with Gasteiger partial charge in [-0.15, -0.1) is 10.2 Å². The van der Waals surface area contributed by atoms with E-state index in [9.17, 15) is 4.79 Å². The van der Waals surface area contributed by atoms with Crippen molar-refractivity contribution in [1.29, 1.82) is 0 Å². The maximum absolute atomic E-state index is 11.6. The zero-order valence-corrected chi connectivity index (χ0v) is 12.4. The molecule has 0 spiro atoms. The number of carbonyl (C=O) groups is 1. The zero-order chi connectivity index (χ0) is 15.1. The molecule has 1 aromatic heterocycles. The summed E-state index contributed by atoms with van der Waals surface area (Å²) in [4.78, 5) is 11.6. The standard InChI is InChI=1S/C16H20N4O/c1-3-4-5-16(21)18-15-11-10-14(19-20-15)17-13-8-6-12(2)7-9-13/h6-11H,3-5H2,1-2H3,(H,17,19)(H,18,20,21). The number of unbranched alkanes of at least 4 members (excludes halogenated alkanes) is 1. The third kappa shape index (κ3) is 4.87. The van der Waals surface area contributed by atoms with Crippen molar-refractivity contribution in [2.24, 2.45) is 0 Å². The molecule has 0 unspecified atom stereocenters. The first kappa shape index (κ1) is 15.0. The Bertz CT molecular complexity index is 578. The lowest BCUT2D eigenvalue weighted by Crippen LogP contribution is -2.12. The zero-order valence-electron chi connectivity index (χ0n) is 12.4. The molecule has 0 radical (unpaired) electrons. The Labute approximate surface area is 124 Å². The maximum atomic E-state index is 11.6. The molecule has 0 saturated heterocycles. The van der Waals surface area contributed by atoms with Crippen LogP contribution in [-0.2, 0) is 4.79 Å². The molecule has 5 nitrogen and oxygen atoms in total. The summed E-state index contributed by atoms with van der Waals surface area (Å²) in [6, 6.07) is 11.6. The summed E-state index contributed by atoms with van der Waals surface area (Å²) in [5.74, 6) is 1.10. The average Bonchev–Trinajstić information content (AvgIpc) is 2.49. The summed E-state index contributed by atoms with van der Waals surface area (Å²) in [6.45, 7) is 4.10. The highest BCUT2D eigenvalue weighted by atomic mass is 16.1. The molecule has 0 aliphatic heterocycles. The van der Waals surface area contributed by atoms with Gasteiger partial charge < -0.3 is 10.6 Å². The largest absolute Gasteiger partial charge is 0.339 e. The molecule has 0 saturated carbocycles. The summed E-state index contributed by atoms with van der Waals surface area (Å²) < 4.78 is 0. The van der Waals surface area contributed by atoms with Crippen LogP contribution in [0.25, 0.3) is 0 Å². The van der Waals surface area contributed by atoms with Crippen LogP contribution in [0.15, 0.2) is 36.4 Å². The van der Waals surface area contributed by atoms with Crippen molar-refractivity contribution < 1.29 is 4.79 Å². The summed E-state index contributed by atoms with van der Waals surface area (Å²) in [5.41, 5.74) is 2.16. The van der Waals surface area contributed by atoms with Gasteiger partial charge in [0.25, 0.3) is 0 Å². The van der Waals surface area contributed by atoms with Gasteiger partial charge in [-0.05, 0) is 37.6 Å². The van der Waals surface area contributed by atoms with Crippen LogP contribution < -0.4 is 10.6 Å². The van der Waals surface area contributed by atoms with Crippen LogP contribution in [0.2, 0.25) is 0 Å². The Hall–Kier alpha value is -2.43. The van der Waals surface area contributed by atoms with Crippen LogP contribution >= 0.6 is 0 Å². The lowest BCUT2D eigenvalue weighted by molar-refractivity contribution is -0.116. The highest BCUT2D eigenvalue weighted by molar-refractivity contribution is 5.89. The summed E-state index contributed by atoms with van der Waals surface area (Å²) in [5, 5.41) is 13.9. The predicted molar refractivity (Wildman–Crippen MR) is 84.6 cm³/mol. The third-order valence-electron chi connectivity index (χ3n) is 3.01. The molecular formula is C16H20N4O. The molecule has 0 fully saturated rings. The van der Waals surface area contributed by atoms with Crippen LogP contribution in [0.1, 0.15) is 31.7 Å². The maximum Gasteiger partial charge on any atom is 0.225 e. The molecule has 5 heteroatoms. The fourth-order valence-corrected chi connectivity index (χ4v) is 1.79. The second kappa shape index (κ2) is 7.38. The second-order valence-corrected chi connectivity index (χ2v) is 4.95. The SMILES string of the molecule is CCCCC(=O)Nc1ccc(Nc2ccc(C)cc2)nn1. The number of amides is 1. The topological polar surface area (TPSA) is 66.9 Å². The van der Waals surface area contributed by atoms with Gasteiger partial charge in [0.1, 0.15) is 0 Å². The molecule has 1 aromatic carbocycles. The van der Waals surface area contributed by atoms with Crippen molar-refractivity contribution in [2.45, 2.75) is 33.1 Å². The minimum Gasteiger partial charge on any atom is -0.339 e. The summed E-state index contributed by atoms with van der Waals surface area (Å²) in [7, 11) is 0. The first-order valence-corrected chi connectivity index (χ1v) is 7.14. The fraction of sp³-hybridized carbons (Fsp3) is 0.312. The van der Waals surface area contributed by atoms with Crippen molar-refractivity contribution in [1.82, 2.24) is 10.2 Å². The lowest BCUT2D eigenvalue weighted by Gasteiger charge is -2.07. The lowest BCUT2D eigenvalue weighted by atomic mass is 10.2. The molecule has 0 atom stereocenters. The fourth-order valence-electron chi connectivity index (χ4n) is 1.79. The first-order valence-electron chi connectivity index (χ1n) is 7.14. The van der Waals surface area contributed by atoms with E-state index in [2.05, 4.69) is 27.8 Å². The van der Waals surface area contributed by atoms with Crippen LogP contribution in [0.4, 0.5) is 17.3 Å². The number of benzene rings is 1. The van der Waals surface area contributed by atoms with Crippen molar-refractivity contribution in [3.8, 4) is 0 Å². The van der Waals surface area contributed by atoms with E-state index in [1.165, 1.54) is 5.56 Å². The van der Waals surface area contributed by atoms with Gasteiger partial charge >= 0.3 is 0 Å². The van der Waals surface area contributed by atoms with Gasteiger partial charge in [0.15, 0.2) is 11.6 Å². The quantitative estimate of drug-likeness (QED) is 0.849. The Kier molecular flexibility index (Phi) is 5.26. The number of anilines is 3. The van der Waals surface area contributed by atoms with Crippen LogP contribution in [0, 0.1) is 6.92 Å². The number of rotatable bonds is 6. The number of hydrogen-bond donors (Lipinski definition) is 2. The van der Waals surface area contributed by atoms with E-state index < -0.39 is 0 Å². The highest BCUT2D eigenvalue weighted by Crippen LogP contribution is 2.15. The van der Waals surface area contributed by atoms with Crippen molar-refractivity contribution in [3.63, 3.8) is 0 Å². The number of hydrogen-bond acceptors (Lipinski definition) is 4. The Balaban J connectivity index is 1.92. The molecule has 110 valence electrons. The Morgan fingerprint density at radius 1 is 1.05 bits per heavy atom. The minimum atomic E-state index is -0.0228. The van der Waals surface area contributed by atoms with E-state index in [1.807, 2.05) is 31.2 Å². The van der Waals surface area contributed by atoms with E-state index in [4.69, 9.17) is 0 Å². The molecule has 0 bridgehead atoms. The number of carbonyl (C=O) groups excluding carboxylic acids is 1. The Morgan fingerprint density at radius 2 is 1.71 bits per heavy atom. The van der Waals surface area contributed by atoms with Crippen LogP contribution in [-0.4, -0.2) is 16.1 Å². The van der Waals surface area contributed by atoms with Gasteiger partial charge in [0.2, 0.25) is 5.91 Å². The molecule has 0 aliphatic rings. The van der Waals surface area contributed by atoms with Gasteiger partial charge in [-0.1, -0.05) is 31.0 Å². The Morgan fingerprint density at radius 3 is 2.33 bits per heavy atom. The van der Waals surface area contributed by atoms with Gasteiger partial charge in [-0.3, -0.25) is 4.79 Å². The van der Waals surface area contributed by atoms with Gasteiger partial charge in [-0.25, -0.2) is 0 Å². The van der Waals surface area contributed by atoms with Crippen molar-refractivity contribution >= 4 is 23.2 Å². The predicted octanol–water partition coefficient (Wildman–Crippen LogP) is 3.66. The molecule has 0 aliphatic carbocycles. The third-order valence-corrected chi connectivity index (χ3v) is 3.01. The second-order valence-electron chi connectivity index (χ2n) is 4.95. The molecule has 1 heterocycles. The smallest absolute Gasteiger partial charge is 0.225 e. The highest BCUT2D eigenvalue weighted by Gasteiger charge is 2.03. The van der Waals surface area contributed by atoms with Gasteiger partial charge in [0.05, 0.1) is 0 Å². The van der Waals surface area contributed by atoms with Crippen molar-refractivity contribution in [3.05, 3.63) is 42.0 Å². The van der Waals surface area contributed by atoms with Crippen LogP contribution in [0.5, 0.6) is 0 Å². The number of nitrogens with one attached hydrogen (secondary N) is 2. The van der Waals surface area contributed by atoms with Gasteiger partial charge in [-0.2, -0.15) is 0 Å². The van der Waals surface area contributed by atoms with E-state index in [1.54, 1.807) is 12.1 Å². The normalized spacial score (nSPS) is 10.2. The molecule has 21 heavy (non-hydrogen) atoms. The molecule has 1 amide bonds. The van der Waals surface area contributed by atoms with E-state index in [0.29, 0.717) is 18.1 Å². The van der Waals surface area contributed by atoms with E-state index >= 15 is 0 Å². The minimum absolute atomic E-state index is 0.0228. The summed E-state index contributed by atoms with van der Waals surface area (Å²) in [6.07, 6.45) is 2.40. The molecule has 2 N–H and O–H groups in total. The summed E-state index contributed by atoms with van der Waals surface area (Å²) >= 11 is 0. The van der Waals surface area contributed by atoms with Gasteiger partial charge in [0, 0.05) is 12.1 Å². The van der Waals surface area contributed by atoms with E-state index in [0.717, 1.165) is 18.5 Å². The molecular weight excluding hydrogens is 264 g/mol.